The summed E-state index contributed by atoms with van der Waals surface area (Å²) in [6.45, 7) is 5.95. The number of hydrogen-bond acceptors (Lipinski definition) is 3. The average Bonchev–Trinajstić information content (AvgIpc) is 2.55. The smallest absolute Gasteiger partial charge is 0.260 e. The molecule has 98 valence electrons. The van der Waals surface area contributed by atoms with E-state index >= 15 is 0 Å². The molecule has 0 radical (unpaired) electrons. The highest BCUT2D eigenvalue weighted by Gasteiger charge is 2.14. The van der Waals surface area contributed by atoms with Crippen LogP contribution < -0.4 is 5.56 Å². The van der Waals surface area contributed by atoms with Crippen LogP contribution in [-0.4, -0.2) is 40.1 Å². The number of aryl methyl sites for hydroxylation is 2. The first-order valence-corrected chi connectivity index (χ1v) is 6.20. The van der Waals surface area contributed by atoms with E-state index in [-0.39, 0.29) is 5.56 Å². The lowest BCUT2D eigenvalue weighted by Crippen LogP contribution is -2.15. The average molecular weight is 248 g/mol. The monoisotopic (exact) mass is 248 g/mol. The molecule has 2 rings (SSSR count). The Morgan fingerprint density at radius 2 is 2.11 bits per heavy atom. The zero-order valence-corrected chi connectivity index (χ0v) is 11.4. The molecule has 2 heterocycles. The maximum atomic E-state index is 11.8. The van der Waals surface area contributed by atoms with Crippen LogP contribution in [0.3, 0.4) is 0 Å². The molecular weight excluding hydrogens is 228 g/mol. The predicted octanol–water partition coefficient (Wildman–Crippen LogP) is 1.29. The molecule has 1 N–H and O–H groups in total. The third-order valence-corrected chi connectivity index (χ3v) is 3.40. The van der Waals surface area contributed by atoms with Gasteiger partial charge in [-0.15, -0.1) is 0 Å². The van der Waals surface area contributed by atoms with Crippen LogP contribution in [0.25, 0.3) is 11.0 Å². The van der Waals surface area contributed by atoms with Gasteiger partial charge in [0.1, 0.15) is 5.65 Å². The second kappa shape index (κ2) is 4.94. The molecule has 2 aromatic rings. The standard InChI is InChI=1S/C13H20N4O/c1-9-10(2)17(7-5-6-16(3)4)12-11(9)13(18)15-8-14-12/h8H,5-7H2,1-4H3,(H,14,15,18). The number of rotatable bonds is 4. The van der Waals surface area contributed by atoms with Crippen molar-refractivity contribution in [2.24, 2.45) is 0 Å². The summed E-state index contributed by atoms with van der Waals surface area (Å²) in [4.78, 5) is 20.9. The highest BCUT2D eigenvalue weighted by molar-refractivity contribution is 5.80. The summed E-state index contributed by atoms with van der Waals surface area (Å²) in [6.07, 6.45) is 2.53. The largest absolute Gasteiger partial charge is 0.329 e. The Hall–Kier alpha value is -1.62. The van der Waals surface area contributed by atoms with Gasteiger partial charge in [0.05, 0.1) is 11.7 Å². The molecule has 2 aromatic heterocycles. The number of hydrogen-bond donors (Lipinski definition) is 1. The van der Waals surface area contributed by atoms with E-state index in [2.05, 4.69) is 33.5 Å². The molecule has 0 amide bonds. The van der Waals surface area contributed by atoms with Crippen LogP contribution >= 0.6 is 0 Å². The molecule has 0 atom stereocenters. The Bertz CT molecular complexity index is 609. The predicted molar refractivity (Wildman–Crippen MR) is 73.0 cm³/mol. The molecule has 0 aliphatic heterocycles. The minimum atomic E-state index is -0.0491. The van der Waals surface area contributed by atoms with E-state index in [1.165, 1.54) is 6.33 Å². The molecular formula is C13H20N4O. The van der Waals surface area contributed by atoms with Gasteiger partial charge in [-0.3, -0.25) is 4.79 Å². The van der Waals surface area contributed by atoms with Crippen molar-refractivity contribution in [2.45, 2.75) is 26.8 Å². The normalized spacial score (nSPS) is 11.6. The summed E-state index contributed by atoms with van der Waals surface area (Å²) in [6, 6.07) is 0. The molecule has 0 aliphatic rings. The van der Waals surface area contributed by atoms with Crippen molar-refractivity contribution in [1.29, 1.82) is 0 Å². The van der Waals surface area contributed by atoms with E-state index < -0.39 is 0 Å². The molecule has 0 fully saturated rings. The first kappa shape index (κ1) is 12.8. The van der Waals surface area contributed by atoms with Gasteiger partial charge in [0, 0.05) is 12.2 Å². The third-order valence-electron chi connectivity index (χ3n) is 3.40. The first-order valence-electron chi connectivity index (χ1n) is 6.20. The maximum Gasteiger partial charge on any atom is 0.260 e. The highest BCUT2D eigenvalue weighted by atomic mass is 16.1. The van der Waals surface area contributed by atoms with Crippen molar-refractivity contribution < 1.29 is 0 Å². The van der Waals surface area contributed by atoms with Gasteiger partial charge in [-0.05, 0) is 46.5 Å². The summed E-state index contributed by atoms with van der Waals surface area (Å²) in [5.41, 5.74) is 2.91. The zero-order valence-electron chi connectivity index (χ0n) is 11.4. The summed E-state index contributed by atoms with van der Waals surface area (Å²) in [5.74, 6) is 0. The molecule has 18 heavy (non-hydrogen) atoms. The topological polar surface area (TPSA) is 53.9 Å². The van der Waals surface area contributed by atoms with Crippen molar-refractivity contribution in [3.8, 4) is 0 Å². The number of aromatic amines is 1. The molecule has 0 saturated carbocycles. The van der Waals surface area contributed by atoms with Crippen molar-refractivity contribution in [2.75, 3.05) is 20.6 Å². The van der Waals surface area contributed by atoms with Crippen LogP contribution in [0.2, 0.25) is 0 Å². The molecule has 0 bridgehead atoms. The van der Waals surface area contributed by atoms with Crippen LogP contribution in [0.15, 0.2) is 11.1 Å². The van der Waals surface area contributed by atoms with E-state index in [1.54, 1.807) is 0 Å². The summed E-state index contributed by atoms with van der Waals surface area (Å²) < 4.78 is 2.14. The van der Waals surface area contributed by atoms with E-state index in [1.807, 2.05) is 13.8 Å². The Morgan fingerprint density at radius 3 is 2.78 bits per heavy atom. The molecule has 0 aromatic carbocycles. The second-order valence-corrected chi connectivity index (χ2v) is 4.95. The van der Waals surface area contributed by atoms with Gasteiger partial charge in [-0.1, -0.05) is 0 Å². The van der Waals surface area contributed by atoms with E-state index in [0.29, 0.717) is 0 Å². The third kappa shape index (κ3) is 2.18. The number of nitrogens with one attached hydrogen (secondary N) is 1. The SMILES string of the molecule is Cc1c(C)n(CCCN(C)C)c2nc[nH]c(=O)c12. The lowest BCUT2D eigenvalue weighted by molar-refractivity contribution is 0.387. The van der Waals surface area contributed by atoms with E-state index in [4.69, 9.17) is 0 Å². The van der Waals surface area contributed by atoms with Gasteiger partial charge in [0.25, 0.3) is 5.56 Å². The number of nitrogens with zero attached hydrogens (tertiary/aromatic N) is 3. The second-order valence-electron chi connectivity index (χ2n) is 4.95. The van der Waals surface area contributed by atoms with Crippen LogP contribution in [0.5, 0.6) is 0 Å². The Balaban J connectivity index is 2.41. The van der Waals surface area contributed by atoms with E-state index in [0.717, 1.165) is 41.8 Å². The minimum Gasteiger partial charge on any atom is -0.329 e. The van der Waals surface area contributed by atoms with Crippen molar-refractivity contribution in [3.63, 3.8) is 0 Å². The van der Waals surface area contributed by atoms with Crippen molar-refractivity contribution in [1.82, 2.24) is 19.4 Å². The fraction of sp³-hybridized carbons (Fsp3) is 0.538. The number of aromatic nitrogens is 3. The van der Waals surface area contributed by atoms with Crippen LogP contribution in [-0.2, 0) is 6.54 Å². The van der Waals surface area contributed by atoms with Gasteiger partial charge in [0.2, 0.25) is 0 Å². The van der Waals surface area contributed by atoms with Gasteiger partial charge in [0.15, 0.2) is 0 Å². The van der Waals surface area contributed by atoms with Crippen molar-refractivity contribution >= 4 is 11.0 Å². The van der Waals surface area contributed by atoms with Gasteiger partial charge in [-0.25, -0.2) is 4.98 Å². The molecule has 0 spiro atoms. The molecule has 0 saturated heterocycles. The summed E-state index contributed by atoms with van der Waals surface area (Å²) in [5, 5.41) is 0.722. The lowest BCUT2D eigenvalue weighted by Gasteiger charge is -2.11. The Morgan fingerprint density at radius 1 is 1.39 bits per heavy atom. The molecule has 5 heteroatoms. The first-order chi connectivity index (χ1) is 8.52. The highest BCUT2D eigenvalue weighted by Crippen LogP contribution is 2.20. The van der Waals surface area contributed by atoms with Gasteiger partial charge in [-0.2, -0.15) is 0 Å². The van der Waals surface area contributed by atoms with Gasteiger partial charge < -0.3 is 14.5 Å². The fourth-order valence-corrected chi connectivity index (χ4v) is 2.29. The zero-order chi connectivity index (χ0) is 13.3. The summed E-state index contributed by atoms with van der Waals surface area (Å²) >= 11 is 0. The molecule has 5 nitrogen and oxygen atoms in total. The van der Waals surface area contributed by atoms with E-state index in [9.17, 15) is 4.79 Å². The fourth-order valence-electron chi connectivity index (χ4n) is 2.29. The molecule has 0 unspecified atom stereocenters. The summed E-state index contributed by atoms with van der Waals surface area (Å²) in [7, 11) is 4.13. The lowest BCUT2D eigenvalue weighted by atomic mass is 10.2. The van der Waals surface area contributed by atoms with Crippen LogP contribution in [0, 0.1) is 13.8 Å². The number of fused-ring (bicyclic) bond motifs is 1. The van der Waals surface area contributed by atoms with Gasteiger partial charge >= 0.3 is 0 Å². The van der Waals surface area contributed by atoms with Crippen LogP contribution in [0.4, 0.5) is 0 Å². The molecule has 0 aliphatic carbocycles. The quantitative estimate of drug-likeness (QED) is 0.887. The van der Waals surface area contributed by atoms with Crippen molar-refractivity contribution in [3.05, 3.63) is 27.9 Å². The number of H-pyrrole nitrogens is 1. The Kier molecular flexibility index (Phi) is 3.52. The Labute approximate surface area is 106 Å². The van der Waals surface area contributed by atoms with Crippen LogP contribution in [0.1, 0.15) is 17.7 Å². The minimum absolute atomic E-state index is 0.0491. The maximum absolute atomic E-state index is 11.8.